The normalized spacial score (nSPS) is 11.2. The summed E-state index contributed by atoms with van der Waals surface area (Å²) in [5.74, 6) is 0.795. The maximum absolute atomic E-state index is 12.1. The zero-order valence-corrected chi connectivity index (χ0v) is 11.6. The number of nitrogens with zero attached hydrogens (tertiary/aromatic N) is 1. The molecule has 0 bridgehead atoms. The highest BCUT2D eigenvalue weighted by molar-refractivity contribution is 5.93. The van der Waals surface area contributed by atoms with Crippen molar-refractivity contribution in [2.24, 2.45) is 11.1 Å². The molecule has 100 valence electrons. The van der Waals surface area contributed by atoms with Crippen molar-refractivity contribution >= 4 is 11.6 Å². The second-order valence-corrected chi connectivity index (χ2v) is 5.20. The summed E-state index contributed by atoms with van der Waals surface area (Å²) in [7, 11) is 3.38. The molecular formula is C14H22N2O2. The molecule has 2 N–H and O–H groups in total. The summed E-state index contributed by atoms with van der Waals surface area (Å²) in [5, 5.41) is 0. The van der Waals surface area contributed by atoms with Crippen LogP contribution in [0.3, 0.4) is 0 Å². The minimum atomic E-state index is -0.176. The molecule has 4 nitrogen and oxygen atoms in total. The minimum absolute atomic E-state index is 0.0544. The van der Waals surface area contributed by atoms with E-state index < -0.39 is 0 Å². The molecule has 0 atom stereocenters. The first kappa shape index (κ1) is 14.5. The van der Waals surface area contributed by atoms with Gasteiger partial charge in [0.1, 0.15) is 5.75 Å². The zero-order chi connectivity index (χ0) is 13.8. The van der Waals surface area contributed by atoms with Gasteiger partial charge in [0, 0.05) is 25.2 Å². The van der Waals surface area contributed by atoms with Crippen molar-refractivity contribution in [2.45, 2.75) is 20.3 Å². The van der Waals surface area contributed by atoms with Crippen molar-refractivity contribution < 1.29 is 9.53 Å². The first-order chi connectivity index (χ1) is 8.39. The Balaban J connectivity index is 2.80. The lowest BCUT2D eigenvalue weighted by Crippen LogP contribution is -2.34. The van der Waals surface area contributed by atoms with Crippen molar-refractivity contribution in [1.82, 2.24) is 0 Å². The number of rotatable bonds is 5. The van der Waals surface area contributed by atoms with E-state index in [1.165, 1.54) is 0 Å². The molecule has 18 heavy (non-hydrogen) atoms. The number of benzene rings is 1. The number of ether oxygens (including phenoxy) is 1. The van der Waals surface area contributed by atoms with Gasteiger partial charge >= 0.3 is 0 Å². The first-order valence-corrected chi connectivity index (χ1v) is 6.00. The van der Waals surface area contributed by atoms with Crippen molar-refractivity contribution in [2.75, 3.05) is 25.6 Å². The lowest BCUT2D eigenvalue weighted by molar-refractivity contribution is -0.120. The molecule has 1 amide bonds. The quantitative estimate of drug-likeness (QED) is 0.870. The van der Waals surface area contributed by atoms with E-state index in [1.54, 1.807) is 19.1 Å². The molecule has 0 aromatic heterocycles. The van der Waals surface area contributed by atoms with Gasteiger partial charge < -0.3 is 15.4 Å². The van der Waals surface area contributed by atoms with Crippen LogP contribution in [0.5, 0.6) is 5.75 Å². The number of anilines is 1. The van der Waals surface area contributed by atoms with Gasteiger partial charge in [0.2, 0.25) is 5.91 Å². The van der Waals surface area contributed by atoms with Crippen molar-refractivity contribution in [3.8, 4) is 5.75 Å². The highest BCUT2D eigenvalue weighted by Gasteiger charge is 2.23. The van der Waals surface area contributed by atoms with Gasteiger partial charge in [-0.05, 0) is 24.1 Å². The molecule has 0 saturated carbocycles. The Morgan fingerprint density at radius 2 is 2.11 bits per heavy atom. The van der Waals surface area contributed by atoms with Crippen LogP contribution in [-0.4, -0.2) is 26.6 Å². The van der Waals surface area contributed by atoms with E-state index in [1.807, 2.05) is 38.1 Å². The van der Waals surface area contributed by atoms with Crippen molar-refractivity contribution in [3.63, 3.8) is 0 Å². The first-order valence-electron chi connectivity index (χ1n) is 6.00. The van der Waals surface area contributed by atoms with Crippen LogP contribution in [0.15, 0.2) is 24.3 Å². The van der Waals surface area contributed by atoms with E-state index >= 15 is 0 Å². The van der Waals surface area contributed by atoms with E-state index in [4.69, 9.17) is 10.5 Å². The van der Waals surface area contributed by atoms with Gasteiger partial charge in [-0.1, -0.05) is 19.9 Å². The van der Waals surface area contributed by atoms with Gasteiger partial charge in [-0.25, -0.2) is 0 Å². The van der Waals surface area contributed by atoms with Crippen LogP contribution < -0.4 is 15.4 Å². The van der Waals surface area contributed by atoms with E-state index in [-0.39, 0.29) is 11.3 Å². The van der Waals surface area contributed by atoms with Crippen molar-refractivity contribution in [3.05, 3.63) is 24.3 Å². The Morgan fingerprint density at radius 3 is 2.67 bits per heavy atom. The van der Waals surface area contributed by atoms with Crippen molar-refractivity contribution in [1.29, 1.82) is 0 Å². The Kier molecular flexibility index (Phi) is 4.73. The maximum atomic E-state index is 12.1. The lowest BCUT2D eigenvalue weighted by atomic mass is 9.89. The number of nitrogens with two attached hydrogens (primary N) is 1. The van der Waals surface area contributed by atoms with Crippen LogP contribution in [0.25, 0.3) is 0 Å². The second kappa shape index (κ2) is 5.87. The fourth-order valence-corrected chi connectivity index (χ4v) is 1.56. The van der Waals surface area contributed by atoms with Gasteiger partial charge in [-0.15, -0.1) is 0 Å². The van der Waals surface area contributed by atoms with Crippen LogP contribution in [0.2, 0.25) is 0 Å². The minimum Gasteiger partial charge on any atom is -0.497 e. The molecule has 0 unspecified atom stereocenters. The molecule has 0 aliphatic carbocycles. The predicted molar refractivity (Wildman–Crippen MR) is 73.9 cm³/mol. The standard InChI is InChI=1S/C14H22N2O2/c1-14(2,10-15)9-13(17)16(3)11-6-5-7-12(8-11)18-4/h5-8H,9-10,15H2,1-4H3. The van der Waals surface area contributed by atoms with E-state index in [9.17, 15) is 4.79 Å². The Hall–Kier alpha value is -1.55. The molecule has 1 aromatic rings. The molecule has 0 fully saturated rings. The van der Waals surface area contributed by atoms with E-state index in [0.29, 0.717) is 13.0 Å². The largest absolute Gasteiger partial charge is 0.497 e. The predicted octanol–water partition coefficient (Wildman–Crippen LogP) is 2.03. The highest BCUT2D eigenvalue weighted by atomic mass is 16.5. The topological polar surface area (TPSA) is 55.6 Å². The summed E-state index contributed by atoms with van der Waals surface area (Å²) in [6.45, 7) is 4.47. The summed E-state index contributed by atoms with van der Waals surface area (Å²) < 4.78 is 5.15. The van der Waals surface area contributed by atoms with Gasteiger partial charge in [0.15, 0.2) is 0 Å². The Labute approximate surface area is 109 Å². The average molecular weight is 250 g/mol. The molecule has 1 aromatic carbocycles. The van der Waals surface area contributed by atoms with Gasteiger partial charge in [0.05, 0.1) is 7.11 Å². The fraction of sp³-hybridized carbons (Fsp3) is 0.500. The molecular weight excluding hydrogens is 228 g/mol. The van der Waals surface area contributed by atoms with Crippen LogP contribution in [0.4, 0.5) is 5.69 Å². The maximum Gasteiger partial charge on any atom is 0.227 e. The SMILES string of the molecule is COc1cccc(N(C)C(=O)CC(C)(C)CN)c1. The molecule has 0 spiro atoms. The van der Waals surface area contributed by atoms with Crippen LogP contribution in [0.1, 0.15) is 20.3 Å². The summed E-state index contributed by atoms with van der Waals surface area (Å²) in [6, 6.07) is 7.45. The van der Waals surface area contributed by atoms with E-state index in [0.717, 1.165) is 11.4 Å². The van der Waals surface area contributed by atoms with Crippen LogP contribution >= 0.6 is 0 Å². The summed E-state index contributed by atoms with van der Waals surface area (Å²) in [4.78, 5) is 13.8. The molecule has 1 rings (SSSR count). The fourth-order valence-electron chi connectivity index (χ4n) is 1.56. The summed E-state index contributed by atoms with van der Waals surface area (Å²) in [5.41, 5.74) is 6.30. The van der Waals surface area contributed by atoms with Crippen LogP contribution in [0, 0.1) is 5.41 Å². The molecule has 0 aliphatic heterocycles. The Bertz CT molecular complexity index is 416. The van der Waals surface area contributed by atoms with Crippen LogP contribution in [-0.2, 0) is 4.79 Å². The van der Waals surface area contributed by atoms with Gasteiger partial charge in [0.25, 0.3) is 0 Å². The smallest absolute Gasteiger partial charge is 0.227 e. The molecule has 4 heteroatoms. The van der Waals surface area contributed by atoms with Gasteiger partial charge in [-0.2, -0.15) is 0 Å². The zero-order valence-electron chi connectivity index (χ0n) is 11.6. The molecule has 0 radical (unpaired) electrons. The third-order valence-electron chi connectivity index (χ3n) is 3.00. The molecule has 0 saturated heterocycles. The third-order valence-corrected chi connectivity index (χ3v) is 3.00. The number of carbonyl (C=O) groups excluding carboxylic acids is 1. The highest BCUT2D eigenvalue weighted by Crippen LogP contribution is 2.24. The number of amides is 1. The number of methoxy groups -OCH3 is 1. The van der Waals surface area contributed by atoms with E-state index in [2.05, 4.69) is 0 Å². The second-order valence-electron chi connectivity index (χ2n) is 5.20. The number of carbonyl (C=O) groups is 1. The summed E-state index contributed by atoms with van der Waals surface area (Å²) >= 11 is 0. The third kappa shape index (κ3) is 3.74. The number of hydrogen-bond donors (Lipinski definition) is 1. The van der Waals surface area contributed by atoms with Gasteiger partial charge in [-0.3, -0.25) is 4.79 Å². The monoisotopic (exact) mass is 250 g/mol. The lowest BCUT2D eigenvalue weighted by Gasteiger charge is -2.25. The summed E-state index contributed by atoms with van der Waals surface area (Å²) in [6.07, 6.45) is 0.428. The Morgan fingerprint density at radius 1 is 1.44 bits per heavy atom. The molecule has 0 heterocycles. The number of hydrogen-bond acceptors (Lipinski definition) is 3. The average Bonchev–Trinajstić information content (AvgIpc) is 2.37. The molecule has 0 aliphatic rings.